The minimum absolute atomic E-state index is 0.0109. The molecule has 3 nitrogen and oxygen atoms in total. The van der Waals surface area contributed by atoms with E-state index in [-0.39, 0.29) is 23.3 Å². The fraction of sp³-hybridized carbons (Fsp3) is 0.500. The molecule has 17 heavy (non-hydrogen) atoms. The molecule has 5 heteroatoms. The van der Waals surface area contributed by atoms with Crippen LogP contribution in [0.4, 0.5) is 4.39 Å². The first kappa shape index (κ1) is 12.5. The van der Waals surface area contributed by atoms with Crippen molar-refractivity contribution in [2.45, 2.75) is 18.2 Å². The Morgan fingerprint density at radius 1 is 1.29 bits per heavy atom. The zero-order valence-corrected chi connectivity index (χ0v) is 10.4. The predicted molar refractivity (Wildman–Crippen MR) is 61.9 cm³/mol. The highest BCUT2D eigenvalue weighted by Gasteiger charge is 2.38. The van der Waals surface area contributed by atoms with Crippen LogP contribution in [0.5, 0.6) is 0 Å². The quantitative estimate of drug-likeness (QED) is 0.760. The standard InChI is InChI=1S/C12H15FO3S/c1-9-2-4-12(5-3-9)17(14,15)16-8-11-6-10(11)7-13/h2-5,10-11H,6-8H2,1H3/t10-,11-/m1/s1/i13-1. The maximum Gasteiger partial charge on any atom is 0.296 e. The Labute approximate surface area is 101 Å². The lowest BCUT2D eigenvalue weighted by Gasteiger charge is -2.05. The van der Waals surface area contributed by atoms with Gasteiger partial charge in [0.15, 0.2) is 0 Å². The third-order valence-electron chi connectivity index (χ3n) is 3.01. The van der Waals surface area contributed by atoms with Crippen molar-refractivity contribution in [1.29, 1.82) is 0 Å². The van der Waals surface area contributed by atoms with E-state index in [1.54, 1.807) is 12.1 Å². The number of halogens is 1. The lowest BCUT2D eigenvalue weighted by atomic mass is 10.2. The van der Waals surface area contributed by atoms with Gasteiger partial charge >= 0.3 is 0 Å². The monoisotopic (exact) mass is 257 g/mol. The van der Waals surface area contributed by atoms with Crippen LogP contribution in [0, 0.1) is 18.8 Å². The Kier molecular flexibility index (Phi) is 3.49. The molecule has 1 saturated carbocycles. The van der Waals surface area contributed by atoms with Gasteiger partial charge in [-0.05, 0) is 37.3 Å². The van der Waals surface area contributed by atoms with Crippen LogP contribution in [0.2, 0.25) is 0 Å². The molecule has 0 bridgehead atoms. The minimum atomic E-state index is -3.69. The molecule has 0 aliphatic heterocycles. The second-order valence-electron chi connectivity index (χ2n) is 4.46. The van der Waals surface area contributed by atoms with Crippen molar-refractivity contribution >= 4 is 10.1 Å². The van der Waals surface area contributed by atoms with E-state index in [1.807, 2.05) is 6.92 Å². The van der Waals surface area contributed by atoms with Gasteiger partial charge in [0.2, 0.25) is 0 Å². The average molecular weight is 257 g/mol. The zero-order chi connectivity index (χ0) is 12.5. The van der Waals surface area contributed by atoms with E-state index in [1.165, 1.54) is 12.1 Å². The highest BCUT2D eigenvalue weighted by atomic mass is 32.2. The molecule has 0 aromatic heterocycles. The number of alkyl halides is 1. The summed E-state index contributed by atoms with van der Waals surface area (Å²) in [6.45, 7) is 1.58. The van der Waals surface area contributed by atoms with Crippen LogP contribution in [0.15, 0.2) is 29.2 Å². The molecule has 0 N–H and O–H groups in total. The van der Waals surface area contributed by atoms with Gasteiger partial charge in [-0.2, -0.15) is 8.42 Å². The Morgan fingerprint density at radius 2 is 1.94 bits per heavy atom. The molecular weight excluding hydrogens is 242 g/mol. The molecule has 1 aromatic rings. The summed E-state index contributed by atoms with van der Waals surface area (Å²) in [6.07, 6.45) is 0.722. The fourth-order valence-electron chi connectivity index (χ4n) is 1.65. The van der Waals surface area contributed by atoms with Gasteiger partial charge in [0, 0.05) is 0 Å². The van der Waals surface area contributed by atoms with E-state index in [0.29, 0.717) is 0 Å². The Balaban J connectivity index is 1.97. The van der Waals surface area contributed by atoms with Crippen molar-refractivity contribution in [3.8, 4) is 0 Å². The van der Waals surface area contributed by atoms with Gasteiger partial charge in [0.05, 0.1) is 18.2 Å². The van der Waals surface area contributed by atoms with E-state index in [0.717, 1.165) is 12.0 Å². The van der Waals surface area contributed by atoms with Crippen molar-refractivity contribution < 1.29 is 17.0 Å². The van der Waals surface area contributed by atoms with E-state index >= 15 is 0 Å². The molecule has 0 radical (unpaired) electrons. The van der Waals surface area contributed by atoms with Crippen LogP contribution >= 0.6 is 0 Å². The summed E-state index contributed by atoms with van der Waals surface area (Å²) in [6, 6.07) is 6.48. The first-order valence-electron chi connectivity index (χ1n) is 5.55. The van der Waals surface area contributed by atoms with Crippen molar-refractivity contribution in [2.24, 2.45) is 11.8 Å². The van der Waals surface area contributed by atoms with E-state index in [2.05, 4.69) is 0 Å². The molecular formula is C12H15FO3S. The third-order valence-corrected chi connectivity index (χ3v) is 4.31. The second-order valence-corrected chi connectivity index (χ2v) is 6.08. The highest BCUT2D eigenvalue weighted by molar-refractivity contribution is 7.86. The van der Waals surface area contributed by atoms with Gasteiger partial charge in [-0.1, -0.05) is 17.7 Å². The molecule has 0 heterocycles. The largest absolute Gasteiger partial charge is 0.296 e. The van der Waals surface area contributed by atoms with Crippen molar-refractivity contribution in [2.75, 3.05) is 13.3 Å². The van der Waals surface area contributed by atoms with Gasteiger partial charge in [-0.15, -0.1) is 0 Å². The number of aryl methyl sites for hydroxylation is 1. The van der Waals surface area contributed by atoms with Crippen LogP contribution < -0.4 is 0 Å². The molecule has 2 atom stereocenters. The topological polar surface area (TPSA) is 43.4 Å². The molecule has 1 aliphatic rings. The minimum Gasteiger partial charge on any atom is -0.266 e. The fourth-order valence-corrected chi connectivity index (χ4v) is 2.61. The summed E-state index contributed by atoms with van der Waals surface area (Å²) in [5.74, 6) is 0.0449. The molecule has 1 aromatic carbocycles. The number of hydrogen-bond donors (Lipinski definition) is 0. The van der Waals surface area contributed by atoms with Crippen molar-refractivity contribution in [3.05, 3.63) is 29.8 Å². The maximum atomic E-state index is 12.2. The summed E-state index contributed by atoms with van der Waals surface area (Å²) in [5.41, 5.74) is 0.989. The first-order valence-corrected chi connectivity index (χ1v) is 6.96. The molecule has 1 fully saturated rings. The van der Waals surface area contributed by atoms with Crippen LogP contribution in [-0.2, 0) is 14.3 Å². The number of hydrogen-bond acceptors (Lipinski definition) is 3. The normalized spacial score (nSPS) is 23.6. The van der Waals surface area contributed by atoms with E-state index < -0.39 is 16.8 Å². The highest BCUT2D eigenvalue weighted by Crippen LogP contribution is 2.39. The average Bonchev–Trinajstić information content (AvgIpc) is 3.06. The van der Waals surface area contributed by atoms with Gasteiger partial charge < -0.3 is 0 Å². The van der Waals surface area contributed by atoms with E-state index in [9.17, 15) is 12.8 Å². The predicted octanol–water partition coefficient (Wildman–Crippen LogP) is 2.31. The number of rotatable bonds is 5. The van der Waals surface area contributed by atoms with Gasteiger partial charge in [0.1, 0.15) is 0 Å². The summed E-state index contributed by atoms with van der Waals surface area (Å²) in [7, 11) is -3.69. The summed E-state index contributed by atoms with van der Waals surface area (Å²) >= 11 is 0. The van der Waals surface area contributed by atoms with Crippen molar-refractivity contribution in [1.82, 2.24) is 0 Å². The Morgan fingerprint density at radius 3 is 2.47 bits per heavy atom. The van der Waals surface area contributed by atoms with Crippen LogP contribution in [0.1, 0.15) is 12.0 Å². The lowest BCUT2D eigenvalue weighted by molar-refractivity contribution is 0.287. The summed E-state index contributed by atoms with van der Waals surface area (Å²) in [5, 5.41) is 0. The van der Waals surface area contributed by atoms with Gasteiger partial charge in [-0.25, -0.2) is 0 Å². The molecule has 0 spiro atoms. The first-order chi connectivity index (χ1) is 8.03. The van der Waals surface area contributed by atoms with Crippen LogP contribution in [0.25, 0.3) is 0 Å². The van der Waals surface area contributed by atoms with E-state index in [4.69, 9.17) is 4.18 Å². The van der Waals surface area contributed by atoms with Crippen molar-refractivity contribution in [3.63, 3.8) is 0 Å². The zero-order valence-electron chi connectivity index (χ0n) is 9.60. The summed E-state index contributed by atoms with van der Waals surface area (Å²) < 4.78 is 40.6. The Bertz CT molecular complexity index is 481. The number of benzene rings is 1. The maximum absolute atomic E-state index is 12.2. The van der Waals surface area contributed by atoms with Crippen LogP contribution in [-0.4, -0.2) is 21.7 Å². The molecule has 94 valence electrons. The molecule has 1 aliphatic carbocycles. The smallest absolute Gasteiger partial charge is 0.266 e. The molecule has 0 amide bonds. The third kappa shape index (κ3) is 3.04. The SMILES string of the molecule is Cc1ccc(S(=O)(=O)OC[C@H]2C[C@@H]2C[18F])cc1. The van der Waals surface area contributed by atoms with Gasteiger partial charge in [-0.3, -0.25) is 8.57 Å². The second kappa shape index (κ2) is 4.74. The summed E-state index contributed by atoms with van der Waals surface area (Å²) in [4.78, 5) is 0.153. The van der Waals surface area contributed by atoms with Gasteiger partial charge in [0.25, 0.3) is 10.1 Å². The molecule has 2 rings (SSSR count). The molecule has 0 unspecified atom stereocenters. The lowest BCUT2D eigenvalue weighted by Crippen LogP contribution is -2.09. The molecule has 0 saturated heterocycles. The Hall–Kier alpha value is -0.940. The van der Waals surface area contributed by atoms with Crippen LogP contribution in [0.3, 0.4) is 0 Å².